The Kier molecular flexibility index (Phi) is 7.18. The maximum atomic E-state index is 12.5. The van der Waals surface area contributed by atoms with Crippen molar-refractivity contribution in [1.82, 2.24) is 0 Å². The molecule has 3 rings (SSSR count). The second kappa shape index (κ2) is 9.82. The molecular weight excluding hydrogens is 416 g/mol. The molecule has 1 N–H and O–H groups in total. The summed E-state index contributed by atoms with van der Waals surface area (Å²) in [4.78, 5) is 13.7. The molecule has 1 amide bonds. The molecule has 30 heavy (non-hydrogen) atoms. The van der Waals surface area contributed by atoms with E-state index >= 15 is 0 Å². The molecule has 0 radical (unpaired) electrons. The summed E-state index contributed by atoms with van der Waals surface area (Å²) in [5, 5.41) is 2.87. The number of hydrogen-bond donors (Lipinski definition) is 1. The molecule has 156 valence electrons. The lowest BCUT2D eigenvalue weighted by Crippen LogP contribution is -2.29. The molecule has 0 spiro atoms. The van der Waals surface area contributed by atoms with Gasteiger partial charge in [-0.05, 0) is 61.0 Å². The van der Waals surface area contributed by atoms with Gasteiger partial charge in [0.25, 0.3) is 5.91 Å². The maximum absolute atomic E-state index is 12.5. The van der Waals surface area contributed by atoms with Gasteiger partial charge in [0.2, 0.25) is 10.0 Å². The lowest BCUT2D eigenvalue weighted by Gasteiger charge is -2.20. The number of carbonyl (C=O) groups is 1. The van der Waals surface area contributed by atoms with Gasteiger partial charge in [-0.15, -0.1) is 11.8 Å². The van der Waals surface area contributed by atoms with Gasteiger partial charge in [-0.25, -0.2) is 8.42 Å². The Bertz CT molecular complexity index is 1080. The second-order valence-corrected chi connectivity index (χ2v) is 9.68. The minimum atomic E-state index is -3.35. The topological polar surface area (TPSA) is 66.5 Å². The molecule has 0 aromatic heterocycles. The van der Waals surface area contributed by atoms with Crippen LogP contribution in [0.5, 0.6) is 0 Å². The van der Waals surface area contributed by atoms with Gasteiger partial charge in [-0.1, -0.05) is 30.3 Å². The zero-order valence-corrected chi connectivity index (χ0v) is 18.5. The highest BCUT2D eigenvalue weighted by molar-refractivity contribution is 7.98. The highest BCUT2D eigenvalue weighted by Gasteiger charge is 2.15. The van der Waals surface area contributed by atoms with Crippen molar-refractivity contribution in [3.05, 3.63) is 90.0 Å². The maximum Gasteiger partial charge on any atom is 0.255 e. The lowest BCUT2D eigenvalue weighted by molar-refractivity contribution is 0.102. The fourth-order valence-electron chi connectivity index (χ4n) is 2.96. The molecule has 0 aliphatic carbocycles. The van der Waals surface area contributed by atoms with E-state index in [1.807, 2.05) is 42.5 Å². The van der Waals surface area contributed by atoms with Crippen molar-refractivity contribution in [2.24, 2.45) is 0 Å². The van der Waals surface area contributed by atoms with Gasteiger partial charge in [-0.3, -0.25) is 9.10 Å². The molecule has 0 saturated heterocycles. The summed E-state index contributed by atoms with van der Waals surface area (Å²) < 4.78 is 24.9. The SMILES string of the molecule is CCN(c1ccc(C(=O)Nc2ccc(CSc3ccccc3)cc2)cc1)S(C)(=O)=O. The molecule has 0 bridgehead atoms. The number of thioether (sulfide) groups is 1. The Morgan fingerprint density at radius 2 is 1.57 bits per heavy atom. The van der Waals surface area contributed by atoms with Gasteiger partial charge in [0.05, 0.1) is 11.9 Å². The third-order valence-electron chi connectivity index (χ3n) is 4.47. The van der Waals surface area contributed by atoms with Crippen molar-refractivity contribution in [2.45, 2.75) is 17.6 Å². The highest BCUT2D eigenvalue weighted by Crippen LogP contribution is 2.23. The van der Waals surface area contributed by atoms with Crippen LogP contribution in [0.4, 0.5) is 11.4 Å². The largest absolute Gasteiger partial charge is 0.322 e. The molecule has 3 aromatic carbocycles. The van der Waals surface area contributed by atoms with Crippen LogP contribution in [0.2, 0.25) is 0 Å². The number of nitrogens with one attached hydrogen (secondary N) is 1. The third-order valence-corrected chi connectivity index (χ3v) is 6.82. The van der Waals surface area contributed by atoms with Crippen molar-refractivity contribution in [3.8, 4) is 0 Å². The van der Waals surface area contributed by atoms with Crippen molar-refractivity contribution in [2.75, 3.05) is 22.4 Å². The molecule has 0 aliphatic heterocycles. The number of rotatable bonds is 8. The molecule has 7 heteroatoms. The van der Waals surface area contributed by atoms with E-state index in [4.69, 9.17) is 0 Å². The van der Waals surface area contributed by atoms with Crippen molar-refractivity contribution < 1.29 is 13.2 Å². The number of carbonyl (C=O) groups excluding carboxylic acids is 1. The number of amides is 1. The predicted octanol–water partition coefficient (Wildman–Crippen LogP) is 5.02. The fourth-order valence-corrected chi connectivity index (χ4v) is 4.81. The number of hydrogen-bond acceptors (Lipinski definition) is 4. The lowest BCUT2D eigenvalue weighted by atomic mass is 10.1. The van der Waals surface area contributed by atoms with Gasteiger partial charge in [0, 0.05) is 28.4 Å². The van der Waals surface area contributed by atoms with Crippen LogP contribution in [0.3, 0.4) is 0 Å². The Morgan fingerprint density at radius 1 is 0.933 bits per heavy atom. The monoisotopic (exact) mass is 440 g/mol. The first-order valence-electron chi connectivity index (χ1n) is 9.52. The van der Waals surface area contributed by atoms with Gasteiger partial charge in [0.15, 0.2) is 0 Å². The molecule has 5 nitrogen and oxygen atoms in total. The molecule has 0 fully saturated rings. The molecule has 0 saturated carbocycles. The molecule has 3 aromatic rings. The highest BCUT2D eigenvalue weighted by atomic mass is 32.2. The fraction of sp³-hybridized carbons (Fsp3) is 0.174. The predicted molar refractivity (Wildman–Crippen MR) is 125 cm³/mol. The molecule has 0 unspecified atom stereocenters. The minimum Gasteiger partial charge on any atom is -0.322 e. The van der Waals surface area contributed by atoms with Crippen LogP contribution in [-0.4, -0.2) is 27.1 Å². The van der Waals surface area contributed by atoms with E-state index in [1.165, 1.54) is 21.0 Å². The van der Waals surface area contributed by atoms with Gasteiger partial charge in [-0.2, -0.15) is 0 Å². The Balaban J connectivity index is 1.60. The summed E-state index contributed by atoms with van der Waals surface area (Å²) in [5.41, 5.74) is 2.89. The van der Waals surface area contributed by atoms with Crippen molar-refractivity contribution >= 4 is 39.1 Å². The van der Waals surface area contributed by atoms with E-state index in [9.17, 15) is 13.2 Å². The average Bonchev–Trinajstić information content (AvgIpc) is 2.74. The standard InChI is InChI=1S/C23H24N2O3S2/c1-3-25(30(2,27)28)21-15-11-19(12-16-21)23(26)24-20-13-9-18(10-14-20)17-29-22-7-5-4-6-8-22/h4-16H,3,17H2,1-2H3,(H,24,26). The van der Waals surface area contributed by atoms with Crippen LogP contribution in [0.15, 0.2) is 83.8 Å². The van der Waals surface area contributed by atoms with E-state index in [2.05, 4.69) is 17.4 Å². The zero-order chi connectivity index (χ0) is 21.6. The molecule has 0 atom stereocenters. The number of sulfonamides is 1. The number of anilines is 2. The van der Waals surface area contributed by atoms with Crippen LogP contribution >= 0.6 is 11.8 Å². The number of benzene rings is 3. The van der Waals surface area contributed by atoms with Crippen LogP contribution in [0.25, 0.3) is 0 Å². The molecule has 0 aliphatic rings. The van der Waals surface area contributed by atoms with Gasteiger partial charge < -0.3 is 5.32 Å². The summed E-state index contributed by atoms with van der Waals surface area (Å²) >= 11 is 1.76. The summed E-state index contributed by atoms with van der Waals surface area (Å²) in [6, 6.07) is 24.5. The van der Waals surface area contributed by atoms with E-state index in [0.29, 0.717) is 23.5 Å². The van der Waals surface area contributed by atoms with E-state index in [-0.39, 0.29) is 5.91 Å². The first kappa shape index (κ1) is 21.9. The number of nitrogens with zero attached hydrogens (tertiary/aromatic N) is 1. The van der Waals surface area contributed by atoms with Crippen molar-refractivity contribution in [3.63, 3.8) is 0 Å². The van der Waals surface area contributed by atoms with E-state index in [0.717, 1.165) is 5.75 Å². The first-order chi connectivity index (χ1) is 14.4. The Morgan fingerprint density at radius 3 is 2.13 bits per heavy atom. The first-order valence-corrected chi connectivity index (χ1v) is 12.4. The van der Waals surface area contributed by atoms with Crippen LogP contribution in [0, 0.1) is 0 Å². The third kappa shape index (κ3) is 5.87. The summed E-state index contributed by atoms with van der Waals surface area (Å²) in [6.07, 6.45) is 1.17. The molecular formula is C23H24N2O3S2. The van der Waals surface area contributed by atoms with Crippen LogP contribution in [0.1, 0.15) is 22.8 Å². The van der Waals surface area contributed by atoms with E-state index < -0.39 is 10.0 Å². The second-order valence-electron chi connectivity index (χ2n) is 6.73. The summed E-state index contributed by atoms with van der Waals surface area (Å²) in [5.74, 6) is 0.615. The molecule has 0 heterocycles. The van der Waals surface area contributed by atoms with Gasteiger partial charge in [0.1, 0.15) is 0 Å². The van der Waals surface area contributed by atoms with Crippen molar-refractivity contribution in [1.29, 1.82) is 0 Å². The summed E-state index contributed by atoms with van der Waals surface area (Å²) in [6.45, 7) is 2.10. The zero-order valence-electron chi connectivity index (χ0n) is 16.9. The Labute approximate surface area is 182 Å². The summed E-state index contributed by atoms with van der Waals surface area (Å²) in [7, 11) is -3.35. The normalized spacial score (nSPS) is 11.1. The minimum absolute atomic E-state index is 0.240. The Hall–Kier alpha value is -2.77. The average molecular weight is 441 g/mol. The smallest absolute Gasteiger partial charge is 0.255 e. The van der Waals surface area contributed by atoms with Crippen LogP contribution in [-0.2, 0) is 15.8 Å². The van der Waals surface area contributed by atoms with Crippen LogP contribution < -0.4 is 9.62 Å². The van der Waals surface area contributed by atoms with E-state index in [1.54, 1.807) is 43.0 Å². The van der Waals surface area contributed by atoms with Gasteiger partial charge >= 0.3 is 0 Å². The quantitative estimate of drug-likeness (QED) is 0.500.